The van der Waals surface area contributed by atoms with Crippen LogP contribution in [-0.2, 0) is 13.9 Å². The van der Waals surface area contributed by atoms with Gasteiger partial charge < -0.3 is 39.3 Å². The minimum Gasteiger partial charge on any atom is -0.790 e. The molecule has 17 heavy (non-hydrogen) atoms. The van der Waals surface area contributed by atoms with E-state index in [0.717, 1.165) is 0 Å². The first-order valence-electron chi connectivity index (χ1n) is 4.53. The van der Waals surface area contributed by atoms with Gasteiger partial charge in [-0.1, -0.05) is 0 Å². The minimum atomic E-state index is -5.38. The predicted octanol–water partition coefficient (Wildman–Crippen LogP) is -4.38. The quantitative estimate of drug-likeness (QED) is 0.369. The van der Waals surface area contributed by atoms with Gasteiger partial charge in [-0.05, 0) is 0 Å². The summed E-state index contributed by atoms with van der Waals surface area (Å²) in [4.78, 5) is 31.5. The highest BCUT2D eigenvalue weighted by Crippen LogP contribution is 2.33. The number of aliphatic hydroxyl groups is 4. The van der Waals surface area contributed by atoms with Crippen LogP contribution in [0.1, 0.15) is 6.42 Å². The van der Waals surface area contributed by atoms with Gasteiger partial charge in [-0.2, -0.15) is 0 Å². The molecule has 0 aliphatic heterocycles. The van der Waals surface area contributed by atoms with E-state index in [2.05, 4.69) is 4.52 Å². The second-order valence-electron chi connectivity index (χ2n) is 3.85. The lowest BCUT2D eigenvalue weighted by atomic mass is 9.78. The molecule has 0 bridgehead atoms. The third-order valence-electron chi connectivity index (χ3n) is 2.48. The Balaban J connectivity index is 2.81. The van der Waals surface area contributed by atoms with E-state index in [1.165, 1.54) is 0 Å². The molecule has 1 fully saturated rings. The lowest BCUT2D eigenvalue weighted by Crippen LogP contribution is -2.63. The number of rotatable bonds is 3. The average molecular weight is 270 g/mol. The number of aliphatic hydroxyl groups excluding tert-OH is 3. The zero-order chi connectivity index (χ0) is 13.4. The van der Waals surface area contributed by atoms with Crippen LogP contribution in [0.3, 0.4) is 0 Å². The predicted molar refractivity (Wildman–Crippen MR) is 46.2 cm³/mol. The molecule has 0 aromatic heterocycles. The van der Waals surface area contributed by atoms with Crippen molar-refractivity contribution in [3.8, 4) is 0 Å². The van der Waals surface area contributed by atoms with Crippen molar-refractivity contribution in [3.63, 3.8) is 0 Å². The van der Waals surface area contributed by atoms with Gasteiger partial charge in [-0.3, -0.25) is 4.79 Å². The number of carbonyl (C=O) groups is 1. The fraction of sp³-hybridized carbons (Fsp3) is 0.857. The molecule has 0 aromatic carbocycles. The fourth-order valence-electron chi connectivity index (χ4n) is 1.52. The molecule has 100 valence electrons. The van der Waals surface area contributed by atoms with Crippen molar-refractivity contribution in [1.82, 2.24) is 0 Å². The molecule has 4 N–H and O–H groups in total. The van der Waals surface area contributed by atoms with E-state index in [4.69, 9.17) is 5.11 Å². The Kier molecular flexibility index (Phi) is 4.07. The van der Waals surface area contributed by atoms with Crippen molar-refractivity contribution in [2.45, 2.75) is 30.3 Å². The zero-order valence-electron chi connectivity index (χ0n) is 8.42. The van der Waals surface area contributed by atoms with Crippen LogP contribution in [0.5, 0.6) is 0 Å². The third kappa shape index (κ3) is 3.30. The molecule has 1 aliphatic rings. The molecule has 0 unspecified atom stereocenters. The highest BCUT2D eigenvalue weighted by molar-refractivity contribution is 7.43. The van der Waals surface area contributed by atoms with E-state index in [1.807, 2.05) is 0 Å². The SMILES string of the molecule is O=C1C[C@@](O)(COP(=O)([O-])[O-])[C@@H](O)[C@H](O)[C@H]1O. The summed E-state index contributed by atoms with van der Waals surface area (Å²) in [6, 6.07) is 0. The first-order valence-corrected chi connectivity index (χ1v) is 5.99. The molecule has 4 atom stereocenters. The monoisotopic (exact) mass is 270 g/mol. The van der Waals surface area contributed by atoms with Crippen molar-refractivity contribution in [2.75, 3.05) is 6.61 Å². The van der Waals surface area contributed by atoms with E-state index in [1.54, 1.807) is 0 Å². The first-order chi connectivity index (χ1) is 7.57. The van der Waals surface area contributed by atoms with Crippen molar-refractivity contribution in [3.05, 3.63) is 0 Å². The van der Waals surface area contributed by atoms with Crippen molar-refractivity contribution < 1.29 is 44.1 Å². The molecule has 0 spiro atoms. The Bertz CT molecular complexity index is 351. The topological polar surface area (TPSA) is 170 Å². The molecule has 10 heteroatoms. The average Bonchev–Trinajstić information content (AvgIpc) is 2.20. The summed E-state index contributed by atoms with van der Waals surface area (Å²) in [6.45, 7) is -1.17. The third-order valence-corrected chi connectivity index (χ3v) is 2.93. The molecule has 9 nitrogen and oxygen atoms in total. The van der Waals surface area contributed by atoms with Gasteiger partial charge in [-0.25, -0.2) is 0 Å². The number of hydrogen-bond acceptors (Lipinski definition) is 9. The minimum absolute atomic E-state index is 0.841. The standard InChI is InChI=1S/C7H13O9P/c8-3-1-7(12,2-16-17(13,14)15)6(11)5(10)4(3)9/h4-6,9-12H,1-2H2,(H2,13,14,15)/p-2/t4-,5+,6-,7+/m0/s1. The molecule has 0 aromatic rings. The summed E-state index contributed by atoms with van der Waals surface area (Å²) in [6.07, 6.45) is -6.72. The molecular formula is C7H11O9P-2. The molecule has 0 heterocycles. The molecule has 1 saturated carbocycles. The van der Waals surface area contributed by atoms with E-state index < -0.39 is 50.5 Å². The molecule has 1 aliphatic carbocycles. The molecular weight excluding hydrogens is 259 g/mol. The zero-order valence-corrected chi connectivity index (χ0v) is 9.32. The lowest BCUT2D eigenvalue weighted by Gasteiger charge is -2.42. The Morgan fingerprint density at radius 3 is 2.41 bits per heavy atom. The van der Waals surface area contributed by atoms with Crippen LogP contribution in [0.25, 0.3) is 0 Å². The van der Waals surface area contributed by atoms with Crippen LogP contribution in [-0.4, -0.2) is 56.7 Å². The summed E-state index contributed by atoms with van der Waals surface area (Å²) < 4.78 is 14.0. The van der Waals surface area contributed by atoms with Gasteiger partial charge in [0.1, 0.15) is 23.9 Å². The van der Waals surface area contributed by atoms with Crippen molar-refractivity contribution in [1.29, 1.82) is 0 Å². The number of hydrogen-bond donors (Lipinski definition) is 4. The normalized spacial score (nSPS) is 39.4. The maximum Gasteiger partial charge on any atom is 0.167 e. The van der Waals surface area contributed by atoms with Crippen LogP contribution in [0.15, 0.2) is 0 Å². The van der Waals surface area contributed by atoms with Gasteiger partial charge in [0.2, 0.25) is 0 Å². The molecule has 0 radical (unpaired) electrons. The van der Waals surface area contributed by atoms with E-state index in [-0.39, 0.29) is 0 Å². The number of Topliss-reactive ketones (excluding diaryl/α,β-unsaturated/α-hetero) is 1. The molecule has 0 saturated heterocycles. The van der Waals surface area contributed by atoms with Gasteiger partial charge >= 0.3 is 0 Å². The molecule has 1 rings (SSSR count). The van der Waals surface area contributed by atoms with Gasteiger partial charge in [0.25, 0.3) is 0 Å². The number of carbonyl (C=O) groups excluding carboxylic acids is 1. The highest BCUT2D eigenvalue weighted by atomic mass is 31.2. The maximum atomic E-state index is 11.1. The van der Waals surface area contributed by atoms with Gasteiger partial charge in [0.15, 0.2) is 5.78 Å². The summed E-state index contributed by atoms with van der Waals surface area (Å²) in [5.41, 5.74) is -2.43. The van der Waals surface area contributed by atoms with Crippen LogP contribution in [0.4, 0.5) is 0 Å². The first kappa shape index (κ1) is 14.7. The number of phosphoric ester groups is 1. The van der Waals surface area contributed by atoms with Crippen LogP contribution in [0.2, 0.25) is 0 Å². The van der Waals surface area contributed by atoms with Crippen molar-refractivity contribution >= 4 is 13.6 Å². The number of phosphoric acid groups is 1. The van der Waals surface area contributed by atoms with E-state index in [0.29, 0.717) is 0 Å². The summed E-state index contributed by atoms with van der Waals surface area (Å²) in [5.74, 6) is -1.000. The number of ketones is 1. The van der Waals surface area contributed by atoms with Crippen LogP contribution < -0.4 is 9.79 Å². The summed E-state index contributed by atoms with van der Waals surface area (Å²) in [7, 11) is -5.38. The Morgan fingerprint density at radius 1 is 1.41 bits per heavy atom. The Hall–Kier alpha value is -0.380. The highest BCUT2D eigenvalue weighted by Gasteiger charge is 2.51. The smallest absolute Gasteiger partial charge is 0.167 e. The Morgan fingerprint density at radius 2 is 1.94 bits per heavy atom. The van der Waals surface area contributed by atoms with Gasteiger partial charge in [0.05, 0.1) is 14.4 Å². The van der Waals surface area contributed by atoms with Crippen LogP contribution in [0, 0.1) is 0 Å². The second-order valence-corrected chi connectivity index (χ2v) is 5.00. The van der Waals surface area contributed by atoms with Gasteiger partial charge in [0, 0.05) is 6.42 Å². The maximum absolute atomic E-state index is 11.1. The van der Waals surface area contributed by atoms with Crippen LogP contribution >= 0.6 is 7.82 Å². The lowest BCUT2D eigenvalue weighted by molar-refractivity contribution is -0.345. The Labute approximate surface area is 95.5 Å². The van der Waals surface area contributed by atoms with E-state index in [9.17, 15) is 34.5 Å². The molecule has 0 amide bonds. The van der Waals surface area contributed by atoms with Crippen molar-refractivity contribution in [2.24, 2.45) is 0 Å². The van der Waals surface area contributed by atoms with E-state index >= 15 is 0 Å². The van der Waals surface area contributed by atoms with Gasteiger partial charge in [-0.15, -0.1) is 0 Å². The largest absolute Gasteiger partial charge is 0.790 e. The summed E-state index contributed by atoms with van der Waals surface area (Å²) in [5, 5.41) is 37.4. The summed E-state index contributed by atoms with van der Waals surface area (Å²) >= 11 is 0. The fourth-order valence-corrected chi connectivity index (χ4v) is 1.90. The second kappa shape index (κ2) is 4.71.